The maximum Gasteiger partial charge on any atom is 0.249 e. The maximum absolute atomic E-state index is 11.9. The zero-order chi connectivity index (χ0) is 14.2. The lowest BCUT2D eigenvalue weighted by Crippen LogP contribution is -2.39. The molecule has 4 nitrogen and oxygen atoms in total. The van der Waals surface area contributed by atoms with Crippen LogP contribution in [-0.2, 0) is 9.59 Å². The predicted molar refractivity (Wildman–Crippen MR) is 71.4 cm³/mol. The molecule has 1 aromatic rings. The first-order valence-electron chi connectivity index (χ1n) is 6.02. The Labute approximate surface area is 111 Å². The Morgan fingerprint density at radius 2 is 1.68 bits per heavy atom. The third-order valence-corrected chi connectivity index (χ3v) is 2.89. The summed E-state index contributed by atoms with van der Waals surface area (Å²) in [5, 5.41) is 2.53. The third-order valence-electron chi connectivity index (χ3n) is 2.89. The zero-order valence-electron chi connectivity index (χ0n) is 11.1. The normalized spacial score (nSPS) is 14.8. The van der Waals surface area contributed by atoms with E-state index in [4.69, 9.17) is 0 Å². The van der Waals surface area contributed by atoms with Crippen molar-refractivity contribution >= 4 is 23.5 Å². The number of amides is 1. The van der Waals surface area contributed by atoms with E-state index >= 15 is 0 Å². The van der Waals surface area contributed by atoms with Crippen molar-refractivity contribution in [3.05, 3.63) is 41.1 Å². The van der Waals surface area contributed by atoms with Crippen LogP contribution >= 0.6 is 0 Å². The van der Waals surface area contributed by atoms with Gasteiger partial charge in [-0.15, -0.1) is 0 Å². The molecule has 0 radical (unpaired) electrons. The Morgan fingerprint density at radius 3 is 2.32 bits per heavy atom. The molecule has 0 spiro atoms. The molecule has 1 aromatic carbocycles. The molecule has 98 valence electrons. The molecule has 0 aromatic heterocycles. The van der Waals surface area contributed by atoms with Crippen molar-refractivity contribution < 1.29 is 14.4 Å². The van der Waals surface area contributed by atoms with E-state index < -0.39 is 17.0 Å². The van der Waals surface area contributed by atoms with E-state index in [0.717, 1.165) is 0 Å². The summed E-state index contributed by atoms with van der Waals surface area (Å²) < 4.78 is 0. The number of rotatable bonds is 1. The molecule has 1 N–H and O–H groups in total. The summed E-state index contributed by atoms with van der Waals surface area (Å²) in [6, 6.07) is 6.83. The van der Waals surface area contributed by atoms with Crippen LogP contribution in [0.5, 0.6) is 0 Å². The molecule has 0 unspecified atom stereocenters. The van der Waals surface area contributed by atoms with Crippen LogP contribution in [0, 0.1) is 5.41 Å². The van der Waals surface area contributed by atoms with E-state index in [-0.39, 0.29) is 11.6 Å². The molecule has 0 saturated heterocycles. The molecular weight excluding hydrogens is 242 g/mol. The highest BCUT2D eigenvalue weighted by molar-refractivity contribution is 6.51. The second-order valence-electron chi connectivity index (χ2n) is 5.51. The first-order chi connectivity index (χ1) is 8.80. The van der Waals surface area contributed by atoms with Gasteiger partial charge in [-0.1, -0.05) is 45.0 Å². The minimum absolute atomic E-state index is 0.0450. The van der Waals surface area contributed by atoms with Gasteiger partial charge in [0.25, 0.3) is 0 Å². The highest BCUT2D eigenvalue weighted by atomic mass is 16.2. The lowest BCUT2D eigenvalue weighted by atomic mass is 9.91. The van der Waals surface area contributed by atoms with Gasteiger partial charge in [0.2, 0.25) is 17.5 Å². The zero-order valence-corrected chi connectivity index (χ0v) is 11.1. The Balaban J connectivity index is 2.38. The fourth-order valence-electron chi connectivity index (χ4n) is 1.70. The largest absolute Gasteiger partial charge is 0.322 e. The highest BCUT2D eigenvalue weighted by Crippen LogP contribution is 2.21. The number of fused-ring (bicyclic) bond motifs is 1. The van der Waals surface area contributed by atoms with Gasteiger partial charge in [-0.25, -0.2) is 0 Å². The SMILES string of the molecule is CC(C)(C)C(=O)NC1=Cc2ccccc2C(=O)C1=O. The summed E-state index contributed by atoms with van der Waals surface area (Å²) in [7, 11) is 0. The van der Waals surface area contributed by atoms with Gasteiger partial charge < -0.3 is 5.32 Å². The maximum atomic E-state index is 11.9. The quantitative estimate of drug-likeness (QED) is 0.782. The smallest absolute Gasteiger partial charge is 0.249 e. The van der Waals surface area contributed by atoms with Gasteiger partial charge in [0, 0.05) is 11.0 Å². The molecule has 19 heavy (non-hydrogen) atoms. The van der Waals surface area contributed by atoms with Crippen molar-refractivity contribution in [1.29, 1.82) is 0 Å². The molecular formula is C15H15NO3. The topological polar surface area (TPSA) is 63.2 Å². The first-order valence-corrected chi connectivity index (χ1v) is 6.02. The van der Waals surface area contributed by atoms with Crippen LogP contribution in [0.25, 0.3) is 6.08 Å². The number of allylic oxidation sites excluding steroid dienone is 1. The fourth-order valence-corrected chi connectivity index (χ4v) is 1.70. The molecule has 2 rings (SSSR count). The van der Waals surface area contributed by atoms with Gasteiger partial charge in [0.15, 0.2) is 0 Å². The molecule has 1 amide bonds. The monoisotopic (exact) mass is 257 g/mol. The van der Waals surface area contributed by atoms with Gasteiger partial charge in [-0.3, -0.25) is 14.4 Å². The Kier molecular flexibility index (Phi) is 3.10. The Morgan fingerprint density at radius 1 is 1.05 bits per heavy atom. The molecule has 0 bridgehead atoms. The molecule has 4 heteroatoms. The summed E-state index contributed by atoms with van der Waals surface area (Å²) >= 11 is 0. The van der Waals surface area contributed by atoms with Crippen molar-refractivity contribution in [2.75, 3.05) is 0 Å². The molecule has 1 aliphatic carbocycles. The van der Waals surface area contributed by atoms with E-state index in [1.807, 2.05) is 0 Å². The molecule has 0 aliphatic heterocycles. The van der Waals surface area contributed by atoms with Crippen molar-refractivity contribution in [3.8, 4) is 0 Å². The van der Waals surface area contributed by atoms with Gasteiger partial charge in [0.1, 0.15) is 0 Å². The van der Waals surface area contributed by atoms with Gasteiger partial charge in [-0.05, 0) is 11.6 Å². The van der Waals surface area contributed by atoms with Crippen LogP contribution in [0.2, 0.25) is 0 Å². The highest BCUT2D eigenvalue weighted by Gasteiger charge is 2.30. The van der Waals surface area contributed by atoms with Gasteiger partial charge in [-0.2, -0.15) is 0 Å². The number of ketones is 2. The third kappa shape index (κ3) is 2.47. The van der Waals surface area contributed by atoms with Crippen LogP contribution in [-0.4, -0.2) is 17.5 Å². The van der Waals surface area contributed by atoms with Crippen LogP contribution in [0.15, 0.2) is 30.0 Å². The number of Topliss-reactive ketones (excluding diaryl/α,β-unsaturated/α-hetero) is 2. The molecule has 0 atom stereocenters. The number of hydrogen-bond acceptors (Lipinski definition) is 3. The van der Waals surface area contributed by atoms with E-state index in [9.17, 15) is 14.4 Å². The number of nitrogens with one attached hydrogen (secondary N) is 1. The lowest BCUT2D eigenvalue weighted by Gasteiger charge is -2.20. The van der Waals surface area contributed by atoms with E-state index in [1.54, 1.807) is 51.1 Å². The Hall–Kier alpha value is -2.23. The number of carbonyl (C=O) groups is 3. The average Bonchev–Trinajstić information content (AvgIpc) is 2.34. The van der Waals surface area contributed by atoms with Crippen molar-refractivity contribution in [1.82, 2.24) is 5.32 Å². The van der Waals surface area contributed by atoms with Gasteiger partial charge in [0.05, 0.1) is 5.70 Å². The number of hydrogen-bond donors (Lipinski definition) is 1. The molecule has 0 heterocycles. The number of benzene rings is 1. The minimum atomic E-state index is -0.670. The van der Waals surface area contributed by atoms with Crippen LogP contribution in [0.4, 0.5) is 0 Å². The summed E-state index contributed by atoms with van der Waals surface area (Å²) in [5.41, 5.74) is 0.447. The second kappa shape index (κ2) is 4.46. The summed E-state index contributed by atoms with van der Waals surface area (Å²) in [5.74, 6) is -1.54. The van der Waals surface area contributed by atoms with E-state index in [1.165, 1.54) is 0 Å². The second-order valence-corrected chi connectivity index (χ2v) is 5.51. The first kappa shape index (κ1) is 13.2. The van der Waals surface area contributed by atoms with Crippen LogP contribution in [0.1, 0.15) is 36.7 Å². The summed E-state index contributed by atoms with van der Waals surface area (Å²) in [6.45, 7) is 5.23. The Bertz CT molecular complexity index is 606. The average molecular weight is 257 g/mol. The molecule has 0 fully saturated rings. The van der Waals surface area contributed by atoms with Crippen LogP contribution < -0.4 is 5.32 Å². The van der Waals surface area contributed by atoms with Crippen molar-refractivity contribution in [2.45, 2.75) is 20.8 Å². The minimum Gasteiger partial charge on any atom is -0.322 e. The van der Waals surface area contributed by atoms with Crippen molar-refractivity contribution in [2.24, 2.45) is 5.41 Å². The number of carbonyl (C=O) groups excluding carboxylic acids is 3. The van der Waals surface area contributed by atoms with E-state index in [0.29, 0.717) is 11.1 Å². The standard InChI is InChI=1S/C15H15NO3/c1-15(2,3)14(19)16-11-8-9-6-4-5-7-10(9)12(17)13(11)18/h4-8H,1-3H3,(H,16,19). The van der Waals surface area contributed by atoms with Crippen LogP contribution in [0.3, 0.4) is 0 Å². The van der Waals surface area contributed by atoms with Gasteiger partial charge >= 0.3 is 0 Å². The summed E-state index contributed by atoms with van der Waals surface area (Å²) in [6.07, 6.45) is 1.54. The fraction of sp³-hybridized carbons (Fsp3) is 0.267. The summed E-state index contributed by atoms with van der Waals surface area (Å²) in [4.78, 5) is 35.7. The molecule has 0 saturated carbocycles. The van der Waals surface area contributed by atoms with E-state index in [2.05, 4.69) is 5.32 Å². The van der Waals surface area contributed by atoms with Crippen molar-refractivity contribution in [3.63, 3.8) is 0 Å². The predicted octanol–water partition coefficient (Wildman–Crippen LogP) is 1.96. The lowest BCUT2D eigenvalue weighted by molar-refractivity contribution is -0.128. The molecule has 1 aliphatic rings.